The number of ether oxygens (including phenoxy) is 1. The molecule has 0 aliphatic carbocycles. The first kappa shape index (κ1) is 18.5. The predicted octanol–water partition coefficient (Wildman–Crippen LogP) is 3.01. The van der Waals surface area contributed by atoms with Crippen molar-refractivity contribution in [3.63, 3.8) is 0 Å². The number of amides is 1. The third kappa shape index (κ3) is 4.80. The number of carbonyl (C=O) groups is 1. The number of halogens is 2. The topological polar surface area (TPSA) is 54.5 Å². The molecule has 2 heterocycles. The molecule has 7 heteroatoms. The van der Waals surface area contributed by atoms with Gasteiger partial charge in [-0.15, -0.1) is 0 Å². The van der Waals surface area contributed by atoms with E-state index in [1.165, 1.54) is 0 Å². The molecule has 0 radical (unpaired) electrons. The molecule has 0 saturated carbocycles. The number of morpholine rings is 1. The van der Waals surface area contributed by atoms with E-state index < -0.39 is 0 Å². The van der Waals surface area contributed by atoms with Crippen LogP contribution in [-0.4, -0.2) is 53.2 Å². The lowest BCUT2D eigenvalue weighted by Gasteiger charge is -2.45. The number of carbonyl (C=O) groups excluding carboxylic acids is 1. The molecule has 2 atom stereocenters. The van der Waals surface area contributed by atoms with Gasteiger partial charge < -0.3 is 10.1 Å². The number of nitrogens with zero attached hydrogens (tertiary/aromatic N) is 2. The van der Waals surface area contributed by atoms with Gasteiger partial charge in [-0.3, -0.25) is 9.69 Å². The fourth-order valence-corrected chi connectivity index (χ4v) is 3.08. The van der Waals surface area contributed by atoms with Crippen LogP contribution in [0.25, 0.3) is 0 Å². The zero-order valence-corrected chi connectivity index (χ0v) is 15.4. The highest BCUT2D eigenvalue weighted by Crippen LogP contribution is 2.21. The zero-order valence-electron chi connectivity index (χ0n) is 13.9. The van der Waals surface area contributed by atoms with Gasteiger partial charge >= 0.3 is 0 Å². The van der Waals surface area contributed by atoms with Crippen LogP contribution in [-0.2, 0) is 4.74 Å². The van der Waals surface area contributed by atoms with Crippen molar-refractivity contribution in [2.24, 2.45) is 0 Å². The number of hydrogen-bond donors (Lipinski definition) is 1. The molecule has 23 heavy (non-hydrogen) atoms. The summed E-state index contributed by atoms with van der Waals surface area (Å²) in [4.78, 5) is 18.6. The average molecular weight is 360 g/mol. The second-order valence-electron chi connectivity index (χ2n) is 6.62. The molecule has 1 aliphatic heterocycles. The standard InChI is InChI=1S/C16H23Cl2N3O2/c1-10-7-21(8-11(2)23-10)16(3,4)9-19-15(22)14-12(17)5-6-13(18)20-14/h5-6,10-11H,7-9H2,1-4H3,(H,19,22). The first-order chi connectivity index (χ1) is 10.7. The fourth-order valence-electron chi connectivity index (χ4n) is 2.74. The van der Waals surface area contributed by atoms with Crippen LogP contribution in [0.1, 0.15) is 38.2 Å². The quantitative estimate of drug-likeness (QED) is 0.839. The van der Waals surface area contributed by atoms with Crippen LogP contribution in [0, 0.1) is 0 Å². The van der Waals surface area contributed by atoms with E-state index in [-0.39, 0.29) is 34.5 Å². The maximum Gasteiger partial charge on any atom is 0.271 e. The van der Waals surface area contributed by atoms with E-state index in [1.807, 2.05) is 0 Å². The van der Waals surface area contributed by atoms with Gasteiger partial charge in [-0.1, -0.05) is 23.2 Å². The average Bonchev–Trinajstić information content (AvgIpc) is 2.46. The maximum atomic E-state index is 12.3. The third-order valence-corrected chi connectivity index (χ3v) is 4.50. The fraction of sp³-hybridized carbons (Fsp3) is 0.625. The Morgan fingerprint density at radius 3 is 2.57 bits per heavy atom. The summed E-state index contributed by atoms with van der Waals surface area (Å²) in [6.45, 7) is 10.5. The molecule has 128 valence electrons. The van der Waals surface area contributed by atoms with Crippen LogP contribution >= 0.6 is 23.2 Å². The van der Waals surface area contributed by atoms with Crippen molar-refractivity contribution in [2.75, 3.05) is 19.6 Å². The van der Waals surface area contributed by atoms with Crippen molar-refractivity contribution >= 4 is 29.1 Å². The Kier molecular flexibility index (Phi) is 5.89. The molecular weight excluding hydrogens is 337 g/mol. The van der Waals surface area contributed by atoms with Gasteiger partial charge in [-0.25, -0.2) is 4.98 Å². The molecule has 1 aromatic rings. The largest absolute Gasteiger partial charge is 0.373 e. The lowest BCUT2D eigenvalue weighted by Crippen LogP contribution is -2.58. The SMILES string of the molecule is CC1CN(C(C)(C)CNC(=O)c2nc(Cl)ccc2Cl)CC(C)O1. The van der Waals surface area contributed by atoms with Crippen LogP contribution in [0.15, 0.2) is 12.1 Å². The smallest absolute Gasteiger partial charge is 0.271 e. The monoisotopic (exact) mass is 359 g/mol. The van der Waals surface area contributed by atoms with E-state index in [1.54, 1.807) is 12.1 Å². The first-order valence-electron chi connectivity index (χ1n) is 7.70. The van der Waals surface area contributed by atoms with E-state index in [0.29, 0.717) is 11.6 Å². The Labute approximate surface area is 147 Å². The Morgan fingerprint density at radius 1 is 1.35 bits per heavy atom. The van der Waals surface area contributed by atoms with Gasteiger partial charge in [-0.05, 0) is 39.8 Å². The van der Waals surface area contributed by atoms with Crippen LogP contribution < -0.4 is 5.32 Å². The van der Waals surface area contributed by atoms with Crippen LogP contribution in [0.4, 0.5) is 0 Å². The predicted molar refractivity (Wildman–Crippen MR) is 92.3 cm³/mol. The van der Waals surface area contributed by atoms with Crippen molar-refractivity contribution in [1.29, 1.82) is 0 Å². The molecule has 1 amide bonds. The Balaban J connectivity index is 2.01. The minimum absolute atomic E-state index is 0.152. The molecule has 1 fully saturated rings. The lowest BCUT2D eigenvalue weighted by molar-refractivity contribution is -0.0948. The summed E-state index contributed by atoms with van der Waals surface area (Å²) < 4.78 is 5.76. The van der Waals surface area contributed by atoms with Crippen LogP contribution in [0.3, 0.4) is 0 Å². The second kappa shape index (κ2) is 7.34. The molecule has 2 unspecified atom stereocenters. The Bertz CT molecular complexity index is 570. The summed E-state index contributed by atoms with van der Waals surface area (Å²) in [5.74, 6) is -0.320. The lowest BCUT2D eigenvalue weighted by atomic mass is 10.00. The highest BCUT2D eigenvalue weighted by molar-refractivity contribution is 6.34. The summed E-state index contributed by atoms with van der Waals surface area (Å²) in [6, 6.07) is 3.13. The van der Waals surface area contributed by atoms with Crippen molar-refractivity contribution in [1.82, 2.24) is 15.2 Å². The van der Waals surface area contributed by atoms with Crippen molar-refractivity contribution in [3.8, 4) is 0 Å². The van der Waals surface area contributed by atoms with Crippen molar-refractivity contribution in [3.05, 3.63) is 28.0 Å². The number of nitrogens with one attached hydrogen (secondary N) is 1. The van der Waals surface area contributed by atoms with Gasteiger partial charge in [0.25, 0.3) is 5.91 Å². The van der Waals surface area contributed by atoms with Gasteiger partial charge in [0.1, 0.15) is 10.8 Å². The minimum Gasteiger partial charge on any atom is -0.373 e. The second-order valence-corrected chi connectivity index (χ2v) is 7.42. The van der Waals surface area contributed by atoms with Crippen molar-refractivity contribution in [2.45, 2.75) is 45.4 Å². The summed E-state index contributed by atoms with van der Waals surface area (Å²) in [5, 5.41) is 3.44. The highest BCUT2D eigenvalue weighted by atomic mass is 35.5. The zero-order chi connectivity index (χ0) is 17.2. The third-order valence-electron chi connectivity index (χ3n) is 3.98. The maximum absolute atomic E-state index is 12.3. The van der Waals surface area contributed by atoms with Crippen molar-refractivity contribution < 1.29 is 9.53 Å². The molecule has 1 aliphatic rings. The molecule has 0 aromatic carbocycles. The van der Waals surface area contributed by atoms with Gasteiger partial charge in [0.2, 0.25) is 0 Å². The molecule has 5 nitrogen and oxygen atoms in total. The van der Waals surface area contributed by atoms with E-state index >= 15 is 0 Å². The molecule has 2 rings (SSSR count). The molecule has 0 spiro atoms. The van der Waals surface area contributed by atoms with E-state index in [2.05, 4.69) is 42.9 Å². The molecular formula is C16H23Cl2N3O2. The van der Waals surface area contributed by atoms with Gasteiger partial charge in [0.05, 0.1) is 17.2 Å². The molecule has 1 aromatic heterocycles. The normalized spacial score (nSPS) is 22.9. The number of pyridine rings is 1. The molecule has 0 bridgehead atoms. The minimum atomic E-state index is -0.320. The van der Waals surface area contributed by atoms with Gasteiger partial charge in [-0.2, -0.15) is 0 Å². The molecule has 1 saturated heterocycles. The summed E-state index contributed by atoms with van der Waals surface area (Å²) in [6.07, 6.45) is 0.357. The summed E-state index contributed by atoms with van der Waals surface area (Å²) in [5.41, 5.74) is -0.0498. The Hall–Kier alpha value is -0.880. The van der Waals surface area contributed by atoms with E-state index in [9.17, 15) is 4.79 Å². The van der Waals surface area contributed by atoms with E-state index in [0.717, 1.165) is 13.1 Å². The van der Waals surface area contributed by atoms with Crippen LogP contribution in [0.2, 0.25) is 10.2 Å². The molecule has 1 N–H and O–H groups in total. The summed E-state index contributed by atoms with van der Waals surface area (Å²) in [7, 11) is 0. The summed E-state index contributed by atoms with van der Waals surface area (Å²) >= 11 is 11.9. The van der Waals surface area contributed by atoms with Gasteiger partial charge in [0, 0.05) is 25.2 Å². The van der Waals surface area contributed by atoms with Gasteiger partial charge in [0.15, 0.2) is 0 Å². The van der Waals surface area contributed by atoms with E-state index in [4.69, 9.17) is 27.9 Å². The number of aromatic nitrogens is 1. The van der Waals surface area contributed by atoms with Crippen LogP contribution in [0.5, 0.6) is 0 Å². The number of hydrogen-bond acceptors (Lipinski definition) is 4. The highest BCUT2D eigenvalue weighted by Gasteiger charge is 2.33. The number of rotatable bonds is 4. The Morgan fingerprint density at radius 2 is 1.96 bits per heavy atom. The first-order valence-corrected chi connectivity index (χ1v) is 8.45.